The number of aromatic nitrogens is 1. The van der Waals surface area contributed by atoms with E-state index in [0.29, 0.717) is 22.4 Å². The van der Waals surface area contributed by atoms with Gasteiger partial charge in [0.2, 0.25) is 0 Å². The van der Waals surface area contributed by atoms with E-state index in [-0.39, 0.29) is 12.1 Å². The molecule has 1 aromatic heterocycles. The molecule has 2 heterocycles. The molecule has 0 bridgehead atoms. The zero-order chi connectivity index (χ0) is 18.0. The molecule has 4 atom stereocenters. The average Bonchev–Trinajstić information content (AvgIpc) is 2.82. The Balaban J connectivity index is 1.47. The van der Waals surface area contributed by atoms with E-state index in [4.69, 9.17) is 16.3 Å². The summed E-state index contributed by atoms with van der Waals surface area (Å²) in [6, 6.07) is 4.27. The molecule has 4 rings (SSSR count). The maximum Gasteiger partial charge on any atom is 0.407 e. The van der Waals surface area contributed by atoms with E-state index in [9.17, 15) is 4.79 Å². The van der Waals surface area contributed by atoms with Crippen LogP contribution in [0.25, 0.3) is 0 Å². The highest BCUT2D eigenvalue weighted by atomic mass is 35.5. The normalized spacial score (nSPS) is 33.0. The van der Waals surface area contributed by atoms with Gasteiger partial charge in [-0.2, -0.15) is 0 Å². The van der Waals surface area contributed by atoms with Crippen molar-refractivity contribution in [1.82, 2.24) is 10.3 Å². The minimum Gasteiger partial charge on any atom is -0.444 e. The zero-order valence-electron chi connectivity index (χ0n) is 15.3. The molecule has 2 saturated carbocycles. The monoisotopic (exact) mass is 363 g/mol. The van der Waals surface area contributed by atoms with Gasteiger partial charge in [-0.25, -0.2) is 9.78 Å². The molecule has 25 heavy (non-hydrogen) atoms. The molecule has 1 unspecified atom stereocenters. The van der Waals surface area contributed by atoms with Gasteiger partial charge in [0, 0.05) is 36.4 Å². The Kier molecular flexibility index (Phi) is 3.73. The van der Waals surface area contributed by atoms with E-state index in [1.807, 2.05) is 33.8 Å². The standard InChI is InChI=1S/C19H26ClN3O2/c1-11-7-12(8-15(20)21-11)23-9-14-16(13-5-6-19(13,14)10-23)22-17(24)25-18(2,3)4/h7-8,13-14,16H,5-6,9-10H2,1-4H3,(H,22,24)/t13-,14-,16+,19?/m0/s1. The number of nitrogens with one attached hydrogen (secondary N) is 1. The number of pyridine rings is 1. The van der Waals surface area contributed by atoms with Crippen molar-refractivity contribution in [2.24, 2.45) is 17.3 Å². The SMILES string of the molecule is Cc1cc(N2C[C@H]3[C@H](NC(=O)OC(C)(C)C)[C@@H]4CCC43C2)cc(Cl)n1. The Hall–Kier alpha value is -1.49. The molecule has 0 aromatic carbocycles. The van der Waals surface area contributed by atoms with Crippen molar-refractivity contribution in [2.75, 3.05) is 18.0 Å². The number of amides is 1. The third-order valence-corrected chi connectivity index (χ3v) is 6.32. The molecule has 136 valence electrons. The Morgan fingerprint density at radius 2 is 2.16 bits per heavy atom. The number of carbonyl (C=O) groups is 1. The van der Waals surface area contributed by atoms with Crippen LogP contribution in [0.2, 0.25) is 5.15 Å². The predicted molar refractivity (Wildman–Crippen MR) is 98.0 cm³/mol. The number of alkyl carbamates (subject to hydrolysis) is 1. The molecule has 5 nitrogen and oxygen atoms in total. The molecule has 1 spiro atoms. The smallest absolute Gasteiger partial charge is 0.407 e. The topological polar surface area (TPSA) is 54.5 Å². The lowest BCUT2D eigenvalue weighted by molar-refractivity contribution is -0.138. The third kappa shape index (κ3) is 2.77. The van der Waals surface area contributed by atoms with Crippen molar-refractivity contribution >= 4 is 23.4 Å². The fraction of sp³-hybridized carbons (Fsp3) is 0.684. The van der Waals surface area contributed by atoms with Gasteiger partial charge in [-0.05, 0) is 64.0 Å². The number of nitrogens with zero attached hydrogens (tertiary/aromatic N) is 2. The van der Waals surface area contributed by atoms with Gasteiger partial charge >= 0.3 is 6.09 Å². The summed E-state index contributed by atoms with van der Waals surface area (Å²) < 4.78 is 5.45. The van der Waals surface area contributed by atoms with Gasteiger partial charge in [0.15, 0.2) is 0 Å². The highest BCUT2D eigenvalue weighted by Crippen LogP contribution is 2.67. The summed E-state index contributed by atoms with van der Waals surface area (Å²) in [7, 11) is 0. The number of hydrogen-bond donors (Lipinski definition) is 1. The number of halogens is 1. The van der Waals surface area contributed by atoms with Gasteiger partial charge in [0.1, 0.15) is 10.8 Å². The first-order valence-corrected chi connectivity index (χ1v) is 9.44. The Labute approximate surface area is 154 Å². The largest absolute Gasteiger partial charge is 0.444 e. The van der Waals surface area contributed by atoms with E-state index in [1.54, 1.807) is 0 Å². The first kappa shape index (κ1) is 17.0. The Bertz CT molecular complexity index is 697. The van der Waals surface area contributed by atoms with Gasteiger partial charge in [-0.15, -0.1) is 0 Å². The lowest BCUT2D eigenvalue weighted by atomic mass is 9.41. The predicted octanol–water partition coefficient (Wildman–Crippen LogP) is 3.78. The van der Waals surface area contributed by atoms with Crippen molar-refractivity contribution in [1.29, 1.82) is 0 Å². The summed E-state index contributed by atoms with van der Waals surface area (Å²) in [6.45, 7) is 9.66. The Morgan fingerprint density at radius 1 is 1.40 bits per heavy atom. The van der Waals surface area contributed by atoms with Crippen LogP contribution >= 0.6 is 11.6 Å². The summed E-state index contributed by atoms with van der Waals surface area (Å²) in [4.78, 5) is 18.9. The summed E-state index contributed by atoms with van der Waals surface area (Å²) in [5, 5.41) is 3.68. The molecule has 1 amide bonds. The number of hydrogen-bond acceptors (Lipinski definition) is 4. The maximum atomic E-state index is 12.2. The van der Waals surface area contributed by atoms with Gasteiger partial charge in [0.25, 0.3) is 0 Å². The van der Waals surface area contributed by atoms with Crippen molar-refractivity contribution < 1.29 is 9.53 Å². The molecule has 1 aliphatic heterocycles. The summed E-state index contributed by atoms with van der Waals surface area (Å²) in [6.07, 6.45) is 2.16. The summed E-state index contributed by atoms with van der Waals surface area (Å²) >= 11 is 6.14. The van der Waals surface area contributed by atoms with Gasteiger partial charge in [-0.1, -0.05) is 11.6 Å². The molecule has 3 aliphatic rings. The van der Waals surface area contributed by atoms with E-state index in [2.05, 4.69) is 21.3 Å². The maximum absolute atomic E-state index is 12.2. The molecule has 2 aliphatic carbocycles. The number of ether oxygens (including phenoxy) is 1. The van der Waals surface area contributed by atoms with Crippen LogP contribution in [0.1, 0.15) is 39.3 Å². The second kappa shape index (κ2) is 5.50. The van der Waals surface area contributed by atoms with Crippen LogP contribution in [0, 0.1) is 24.2 Å². The number of anilines is 1. The zero-order valence-corrected chi connectivity index (χ0v) is 16.1. The molecule has 6 heteroatoms. The molecule has 1 N–H and O–H groups in total. The molecule has 0 radical (unpaired) electrons. The lowest BCUT2D eigenvalue weighted by Gasteiger charge is -2.65. The first-order chi connectivity index (χ1) is 11.7. The number of rotatable bonds is 2. The van der Waals surface area contributed by atoms with Crippen LogP contribution in [0.5, 0.6) is 0 Å². The van der Waals surface area contributed by atoms with Crippen molar-refractivity contribution in [2.45, 2.75) is 52.2 Å². The van der Waals surface area contributed by atoms with Crippen LogP contribution < -0.4 is 10.2 Å². The minimum absolute atomic E-state index is 0.229. The molecule has 1 aromatic rings. The first-order valence-electron chi connectivity index (χ1n) is 9.07. The fourth-order valence-electron chi connectivity index (χ4n) is 5.10. The minimum atomic E-state index is -0.461. The van der Waals surface area contributed by atoms with Gasteiger partial charge < -0.3 is 15.0 Å². The second-order valence-electron chi connectivity index (χ2n) is 8.83. The van der Waals surface area contributed by atoms with Crippen molar-refractivity contribution in [3.8, 4) is 0 Å². The molecular formula is C19H26ClN3O2. The fourth-order valence-corrected chi connectivity index (χ4v) is 5.34. The number of aryl methyl sites for hydroxylation is 1. The number of carbonyl (C=O) groups excluding carboxylic acids is 1. The Morgan fingerprint density at radius 3 is 2.76 bits per heavy atom. The third-order valence-electron chi connectivity index (χ3n) is 6.12. The van der Waals surface area contributed by atoms with E-state index in [1.165, 1.54) is 12.8 Å². The summed E-state index contributed by atoms with van der Waals surface area (Å²) in [5.74, 6) is 1.07. The molecular weight excluding hydrogens is 338 g/mol. The van der Waals surface area contributed by atoms with E-state index >= 15 is 0 Å². The van der Waals surface area contributed by atoms with E-state index in [0.717, 1.165) is 24.5 Å². The lowest BCUT2D eigenvalue weighted by Crippen LogP contribution is -2.71. The second-order valence-corrected chi connectivity index (χ2v) is 9.21. The highest BCUT2D eigenvalue weighted by Gasteiger charge is 2.70. The molecule has 1 saturated heterocycles. The van der Waals surface area contributed by atoms with Crippen molar-refractivity contribution in [3.63, 3.8) is 0 Å². The van der Waals surface area contributed by atoms with E-state index < -0.39 is 5.60 Å². The van der Waals surface area contributed by atoms with Crippen LogP contribution in [-0.4, -0.2) is 35.8 Å². The average molecular weight is 364 g/mol. The quantitative estimate of drug-likeness (QED) is 0.812. The van der Waals surface area contributed by atoms with Crippen LogP contribution in [0.15, 0.2) is 12.1 Å². The van der Waals surface area contributed by atoms with Crippen LogP contribution in [-0.2, 0) is 4.74 Å². The molecule has 3 fully saturated rings. The van der Waals surface area contributed by atoms with Gasteiger partial charge in [-0.3, -0.25) is 0 Å². The van der Waals surface area contributed by atoms with Crippen LogP contribution in [0.4, 0.5) is 10.5 Å². The van der Waals surface area contributed by atoms with Crippen LogP contribution in [0.3, 0.4) is 0 Å². The van der Waals surface area contributed by atoms with Crippen molar-refractivity contribution in [3.05, 3.63) is 23.0 Å². The summed E-state index contributed by atoms with van der Waals surface area (Å²) in [5.41, 5.74) is 1.98. The van der Waals surface area contributed by atoms with Gasteiger partial charge in [0.05, 0.1) is 0 Å². The highest BCUT2D eigenvalue weighted by molar-refractivity contribution is 6.29.